The molecule has 0 aliphatic rings. The number of hydrogen-bond donors (Lipinski definition) is 1. The molecule has 0 fully saturated rings. The van der Waals surface area contributed by atoms with E-state index in [0.717, 1.165) is 16.7 Å². The largest absolute Gasteiger partial charge is 0.508 e. The molecule has 0 aliphatic carbocycles. The highest BCUT2D eigenvalue weighted by atomic mass is 19.3. The van der Waals surface area contributed by atoms with E-state index in [2.05, 4.69) is 4.74 Å². The molecule has 2 aromatic rings. The van der Waals surface area contributed by atoms with Gasteiger partial charge >= 0.3 is 12.1 Å². The van der Waals surface area contributed by atoms with Crippen LogP contribution in [0.2, 0.25) is 0 Å². The van der Waals surface area contributed by atoms with Gasteiger partial charge in [-0.3, -0.25) is 0 Å². The molecule has 5 heteroatoms. The number of phenolic OH excluding ortho intramolecular Hbond substituents is 1. The third-order valence-corrected chi connectivity index (χ3v) is 2.94. The zero-order valence-corrected chi connectivity index (χ0v) is 11.7. The highest BCUT2D eigenvalue weighted by molar-refractivity contribution is 5.80. The van der Waals surface area contributed by atoms with E-state index in [9.17, 15) is 18.3 Å². The average molecular weight is 306 g/mol. The van der Waals surface area contributed by atoms with Crippen molar-refractivity contribution in [3.63, 3.8) is 0 Å². The third-order valence-electron chi connectivity index (χ3n) is 2.94. The van der Waals surface area contributed by atoms with Crippen molar-refractivity contribution in [2.75, 3.05) is 0 Å². The number of ether oxygens (including phenoxy) is 1. The number of benzene rings is 2. The van der Waals surface area contributed by atoms with Crippen molar-refractivity contribution in [3.8, 4) is 11.5 Å². The van der Waals surface area contributed by atoms with Crippen LogP contribution < -0.4 is 4.74 Å². The predicted octanol–water partition coefficient (Wildman–Crippen LogP) is 5.37. The van der Waals surface area contributed by atoms with E-state index in [1.165, 1.54) is 12.1 Å². The van der Waals surface area contributed by atoms with Crippen molar-refractivity contribution >= 4 is 11.6 Å². The second-order valence-electron chi connectivity index (χ2n) is 4.58. The van der Waals surface area contributed by atoms with Crippen LogP contribution in [0.1, 0.15) is 18.1 Å². The van der Waals surface area contributed by atoms with Crippen LogP contribution in [0.15, 0.2) is 60.6 Å². The van der Waals surface area contributed by atoms with Crippen molar-refractivity contribution in [1.29, 1.82) is 0 Å². The summed E-state index contributed by atoms with van der Waals surface area (Å²) in [6.45, 7) is 1.90. The highest BCUT2D eigenvalue weighted by Crippen LogP contribution is 2.23. The van der Waals surface area contributed by atoms with Crippen molar-refractivity contribution in [1.82, 2.24) is 0 Å². The molecule has 0 saturated heterocycles. The van der Waals surface area contributed by atoms with Gasteiger partial charge in [-0.05, 0) is 47.9 Å². The lowest BCUT2D eigenvalue weighted by molar-refractivity contribution is 0.241. The second kappa shape index (κ2) is 6.85. The standard InChI is InChI=1S/C17H13F3O2/c1-11(13-4-6-14(21)7-5-13)10-12-2-8-15(9-3-12)22-17(20)16(18)19/h2-10,21H,1H3. The van der Waals surface area contributed by atoms with E-state index in [-0.39, 0.29) is 11.5 Å². The van der Waals surface area contributed by atoms with Crippen molar-refractivity contribution < 1.29 is 23.0 Å². The molecule has 22 heavy (non-hydrogen) atoms. The van der Waals surface area contributed by atoms with Crippen molar-refractivity contribution in [2.24, 2.45) is 0 Å². The van der Waals surface area contributed by atoms with Crippen LogP contribution in [0.3, 0.4) is 0 Å². The van der Waals surface area contributed by atoms with Crippen molar-refractivity contribution in [2.45, 2.75) is 6.92 Å². The van der Waals surface area contributed by atoms with E-state index in [1.54, 1.807) is 36.4 Å². The Kier molecular flexibility index (Phi) is 4.88. The van der Waals surface area contributed by atoms with Gasteiger partial charge in [-0.1, -0.05) is 30.3 Å². The summed E-state index contributed by atoms with van der Waals surface area (Å²) >= 11 is 0. The molecule has 0 atom stereocenters. The number of phenols is 1. The van der Waals surface area contributed by atoms with Crippen LogP contribution in [0.4, 0.5) is 13.2 Å². The van der Waals surface area contributed by atoms with Gasteiger partial charge in [0.05, 0.1) is 0 Å². The summed E-state index contributed by atoms with van der Waals surface area (Å²) in [6, 6.07) is 10.9. The summed E-state index contributed by atoms with van der Waals surface area (Å²) < 4.78 is 40.9. The molecule has 0 bridgehead atoms. The number of halogens is 3. The third kappa shape index (κ3) is 4.15. The molecule has 0 aromatic heterocycles. The fraction of sp³-hybridized carbons (Fsp3) is 0.0588. The molecule has 0 saturated carbocycles. The molecule has 2 rings (SSSR count). The molecule has 2 nitrogen and oxygen atoms in total. The van der Waals surface area contributed by atoms with Gasteiger partial charge in [0.25, 0.3) is 0 Å². The lowest BCUT2D eigenvalue weighted by atomic mass is 10.0. The quantitative estimate of drug-likeness (QED) is 0.608. The minimum atomic E-state index is -2.49. The minimum Gasteiger partial charge on any atom is -0.508 e. The molecule has 0 radical (unpaired) electrons. The van der Waals surface area contributed by atoms with Gasteiger partial charge in [-0.25, -0.2) is 0 Å². The Hall–Kier alpha value is -2.69. The van der Waals surface area contributed by atoms with Crippen LogP contribution in [0, 0.1) is 0 Å². The second-order valence-corrected chi connectivity index (χ2v) is 4.58. The zero-order valence-electron chi connectivity index (χ0n) is 11.7. The van der Waals surface area contributed by atoms with Crippen molar-refractivity contribution in [3.05, 3.63) is 71.8 Å². The summed E-state index contributed by atoms with van der Waals surface area (Å²) in [5.74, 6) is 0.179. The molecule has 0 aliphatic heterocycles. The minimum absolute atomic E-state index is 0.00950. The van der Waals surface area contributed by atoms with Crippen LogP contribution in [-0.2, 0) is 0 Å². The maximum Gasteiger partial charge on any atom is 0.344 e. The number of aromatic hydroxyl groups is 1. The van der Waals surface area contributed by atoms with Gasteiger partial charge < -0.3 is 9.84 Å². The van der Waals surface area contributed by atoms with E-state index < -0.39 is 12.1 Å². The predicted molar refractivity (Wildman–Crippen MR) is 79.1 cm³/mol. The lowest BCUT2D eigenvalue weighted by Gasteiger charge is -2.04. The fourth-order valence-corrected chi connectivity index (χ4v) is 1.83. The number of allylic oxidation sites excluding steroid dienone is 1. The Bertz CT molecular complexity index is 698. The summed E-state index contributed by atoms with van der Waals surface area (Å²) in [5, 5.41) is 9.25. The highest BCUT2D eigenvalue weighted by Gasteiger charge is 2.07. The molecule has 1 N–H and O–H groups in total. The molecular weight excluding hydrogens is 293 g/mol. The van der Waals surface area contributed by atoms with Crippen LogP contribution in [-0.4, -0.2) is 5.11 Å². The first kappa shape index (κ1) is 15.7. The monoisotopic (exact) mass is 306 g/mol. The van der Waals surface area contributed by atoms with Gasteiger partial charge in [-0.15, -0.1) is 0 Å². The maximum atomic E-state index is 12.7. The Morgan fingerprint density at radius 1 is 0.955 bits per heavy atom. The van der Waals surface area contributed by atoms with E-state index in [1.807, 2.05) is 13.0 Å². The Labute approximate surface area is 125 Å². The van der Waals surface area contributed by atoms with Gasteiger partial charge in [0.2, 0.25) is 0 Å². The summed E-state index contributed by atoms with van der Waals surface area (Å²) in [5.41, 5.74) is 2.70. The Morgan fingerprint density at radius 3 is 2.09 bits per heavy atom. The van der Waals surface area contributed by atoms with Gasteiger partial charge in [0.15, 0.2) is 0 Å². The molecule has 0 spiro atoms. The molecule has 0 amide bonds. The molecular formula is C17H13F3O2. The summed E-state index contributed by atoms with van der Waals surface area (Å²) in [7, 11) is 0. The van der Waals surface area contributed by atoms with E-state index >= 15 is 0 Å². The Morgan fingerprint density at radius 2 is 1.55 bits per heavy atom. The van der Waals surface area contributed by atoms with Crippen LogP contribution in [0.5, 0.6) is 11.5 Å². The fourth-order valence-electron chi connectivity index (χ4n) is 1.83. The van der Waals surface area contributed by atoms with Gasteiger partial charge in [0.1, 0.15) is 11.5 Å². The molecule has 114 valence electrons. The zero-order chi connectivity index (χ0) is 16.1. The average Bonchev–Trinajstić information content (AvgIpc) is 2.49. The number of rotatable bonds is 4. The first-order valence-electron chi connectivity index (χ1n) is 6.42. The first-order valence-corrected chi connectivity index (χ1v) is 6.42. The van der Waals surface area contributed by atoms with Crippen LogP contribution in [0.25, 0.3) is 11.6 Å². The van der Waals surface area contributed by atoms with Gasteiger partial charge in [0, 0.05) is 0 Å². The van der Waals surface area contributed by atoms with E-state index in [0.29, 0.717) is 0 Å². The smallest absolute Gasteiger partial charge is 0.344 e. The number of hydrogen-bond acceptors (Lipinski definition) is 2. The summed E-state index contributed by atoms with van der Waals surface area (Å²) in [6.07, 6.45) is -0.620. The van der Waals surface area contributed by atoms with Crippen LogP contribution >= 0.6 is 0 Å². The molecule has 0 unspecified atom stereocenters. The molecule has 0 heterocycles. The lowest BCUT2D eigenvalue weighted by Crippen LogP contribution is -1.90. The maximum absolute atomic E-state index is 12.7. The Balaban J connectivity index is 2.15. The normalized spacial score (nSPS) is 11.2. The molecule has 2 aromatic carbocycles. The van der Waals surface area contributed by atoms with Gasteiger partial charge in [-0.2, -0.15) is 13.2 Å². The first-order chi connectivity index (χ1) is 10.5. The topological polar surface area (TPSA) is 29.5 Å². The van der Waals surface area contributed by atoms with E-state index in [4.69, 9.17) is 0 Å². The summed E-state index contributed by atoms with van der Waals surface area (Å²) in [4.78, 5) is 0. The SMILES string of the molecule is CC(=Cc1ccc(OC(F)=C(F)F)cc1)c1ccc(O)cc1.